The number of ether oxygens (including phenoxy) is 1. The van der Waals surface area contributed by atoms with E-state index in [0.717, 1.165) is 11.6 Å². The highest BCUT2D eigenvalue weighted by Crippen LogP contribution is 2.19. The van der Waals surface area contributed by atoms with Crippen LogP contribution in [0.4, 0.5) is 4.39 Å². The van der Waals surface area contributed by atoms with Crippen molar-refractivity contribution in [2.45, 2.75) is 18.4 Å². The van der Waals surface area contributed by atoms with Crippen molar-refractivity contribution in [1.82, 2.24) is 4.72 Å². The Bertz CT molecular complexity index is 744. The van der Waals surface area contributed by atoms with Gasteiger partial charge in [-0.05, 0) is 36.8 Å². The molecule has 0 spiro atoms. The number of nitrogens with one attached hydrogen (secondary N) is 1. The van der Waals surface area contributed by atoms with Gasteiger partial charge >= 0.3 is 0 Å². The molecule has 0 saturated heterocycles. The number of rotatable bonds is 5. The summed E-state index contributed by atoms with van der Waals surface area (Å²) in [6, 6.07) is 10.7. The molecule has 2 aromatic carbocycles. The third kappa shape index (κ3) is 3.59. The first kappa shape index (κ1) is 15.5. The van der Waals surface area contributed by atoms with E-state index in [-0.39, 0.29) is 11.4 Å². The third-order valence-corrected chi connectivity index (χ3v) is 4.63. The Morgan fingerprint density at radius 3 is 2.57 bits per heavy atom. The molecular weight excluding hydrogens is 293 g/mol. The minimum atomic E-state index is -3.70. The van der Waals surface area contributed by atoms with Gasteiger partial charge in [0.2, 0.25) is 10.0 Å². The molecule has 21 heavy (non-hydrogen) atoms. The Labute approximate surface area is 123 Å². The second kappa shape index (κ2) is 6.24. The van der Waals surface area contributed by atoms with Crippen LogP contribution in [0.1, 0.15) is 11.1 Å². The lowest BCUT2D eigenvalue weighted by Gasteiger charge is -2.11. The van der Waals surface area contributed by atoms with Gasteiger partial charge in [0, 0.05) is 12.1 Å². The van der Waals surface area contributed by atoms with Crippen molar-refractivity contribution in [1.29, 1.82) is 0 Å². The predicted octanol–water partition coefficient (Wildman–Crippen LogP) is 2.62. The highest BCUT2D eigenvalue weighted by molar-refractivity contribution is 7.89. The molecule has 2 rings (SSSR count). The standard InChI is InChI=1S/C15H16FNO3S/c1-11-9-13(16)7-8-15(11)21(18,19)17-10-12-5-3-4-6-14(12)20-2/h3-9,17H,10H2,1-2H3. The molecule has 2 aromatic rings. The van der Waals surface area contributed by atoms with Crippen LogP contribution in [-0.2, 0) is 16.6 Å². The number of aryl methyl sites for hydroxylation is 1. The lowest BCUT2D eigenvalue weighted by atomic mass is 10.2. The zero-order chi connectivity index (χ0) is 15.5. The highest BCUT2D eigenvalue weighted by Gasteiger charge is 2.17. The van der Waals surface area contributed by atoms with Crippen molar-refractivity contribution < 1.29 is 17.5 Å². The summed E-state index contributed by atoms with van der Waals surface area (Å²) >= 11 is 0. The van der Waals surface area contributed by atoms with Crippen molar-refractivity contribution in [3.63, 3.8) is 0 Å². The van der Waals surface area contributed by atoms with E-state index in [1.807, 2.05) is 0 Å². The van der Waals surface area contributed by atoms with Crippen molar-refractivity contribution in [3.05, 3.63) is 59.4 Å². The molecule has 1 N–H and O–H groups in total. The third-order valence-electron chi connectivity index (χ3n) is 3.07. The molecule has 4 nitrogen and oxygen atoms in total. The number of sulfonamides is 1. The van der Waals surface area contributed by atoms with Gasteiger partial charge in [-0.1, -0.05) is 18.2 Å². The Morgan fingerprint density at radius 1 is 1.19 bits per heavy atom. The van der Waals surface area contributed by atoms with E-state index < -0.39 is 15.8 Å². The topological polar surface area (TPSA) is 55.4 Å². The van der Waals surface area contributed by atoms with Gasteiger partial charge in [0.15, 0.2) is 0 Å². The van der Waals surface area contributed by atoms with Crippen LogP contribution in [0.25, 0.3) is 0 Å². The number of hydrogen-bond donors (Lipinski definition) is 1. The van der Waals surface area contributed by atoms with Gasteiger partial charge in [-0.3, -0.25) is 0 Å². The van der Waals surface area contributed by atoms with Gasteiger partial charge in [-0.25, -0.2) is 17.5 Å². The molecular formula is C15H16FNO3S. The van der Waals surface area contributed by atoms with Crippen LogP contribution in [0.2, 0.25) is 0 Å². The summed E-state index contributed by atoms with van der Waals surface area (Å²) in [6.45, 7) is 1.66. The Balaban J connectivity index is 2.22. The first-order chi connectivity index (χ1) is 9.94. The first-order valence-corrected chi connectivity index (χ1v) is 7.80. The van der Waals surface area contributed by atoms with E-state index in [1.165, 1.54) is 19.2 Å². The van der Waals surface area contributed by atoms with Crippen molar-refractivity contribution in [3.8, 4) is 5.75 Å². The normalized spacial score (nSPS) is 11.4. The maximum absolute atomic E-state index is 13.1. The number of para-hydroxylation sites is 1. The average Bonchev–Trinajstić information content (AvgIpc) is 2.45. The van der Waals surface area contributed by atoms with Crippen LogP contribution < -0.4 is 9.46 Å². The van der Waals surface area contributed by atoms with Gasteiger partial charge in [0.25, 0.3) is 0 Å². The maximum atomic E-state index is 13.1. The molecule has 0 bridgehead atoms. The summed E-state index contributed by atoms with van der Waals surface area (Å²) in [5.74, 6) is 0.146. The van der Waals surface area contributed by atoms with Crippen LogP contribution >= 0.6 is 0 Å². The summed E-state index contributed by atoms with van der Waals surface area (Å²) in [5, 5.41) is 0. The molecule has 112 valence electrons. The van der Waals surface area contributed by atoms with Crippen molar-refractivity contribution in [2.75, 3.05) is 7.11 Å². The molecule has 0 saturated carbocycles. The molecule has 0 aromatic heterocycles. The maximum Gasteiger partial charge on any atom is 0.241 e. The lowest BCUT2D eigenvalue weighted by Crippen LogP contribution is -2.24. The Hall–Kier alpha value is -1.92. The fourth-order valence-electron chi connectivity index (χ4n) is 2.01. The molecule has 0 heterocycles. The van der Waals surface area contributed by atoms with Gasteiger partial charge in [-0.2, -0.15) is 0 Å². The van der Waals surface area contributed by atoms with Gasteiger partial charge in [0.05, 0.1) is 12.0 Å². The summed E-state index contributed by atoms with van der Waals surface area (Å²) in [6.07, 6.45) is 0. The van der Waals surface area contributed by atoms with E-state index in [0.29, 0.717) is 11.3 Å². The number of halogens is 1. The summed E-state index contributed by atoms with van der Waals surface area (Å²) < 4.78 is 45.2. The van der Waals surface area contributed by atoms with E-state index in [2.05, 4.69) is 4.72 Å². The molecule has 0 aliphatic heterocycles. The smallest absolute Gasteiger partial charge is 0.241 e. The molecule has 0 aliphatic carbocycles. The molecule has 0 aliphatic rings. The van der Waals surface area contributed by atoms with E-state index in [1.54, 1.807) is 31.2 Å². The van der Waals surface area contributed by atoms with Crippen LogP contribution in [0.5, 0.6) is 5.75 Å². The van der Waals surface area contributed by atoms with Gasteiger partial charge < -0.3 is 4.74 Å². The second-order valence-corrected chi connectivity index (χ2v) is 6.28. The summed E-state index contributed by atoms with van der Waals surface area (Å²) in [4.78, 5) is 0.0683. The van der Waals surface area contributed by atoms with E-state index in [4.69, 9.17) is 4.74 Å². The van der Waals surface area contributed by atoms with Gasteiger partial charge in [-0.15, -0.1) is 0 Å². The van der Waals surface area contributed by atoms with Crippen LogP contribution in [-0.4, -0.2) is 15.5 Å². The second-order valence-electron chi connectivity index (χ2n) is 4.55. The average molecular weight is 309 g/mol. The van der Waals surface area contributed by atoms with Crippen molar-refractivity contribution >= 4 is 10.0 Å². The number of hydrogen-bond acceptors (Lipinski definition) is 3. The zero-order valence-electron chi connectivity index (χ0n) is 11.8. The number of benzene rings is 2. The minimum absolute atomic E-state index is 0.0683. The SMILES string of the molecule is COc1ccccc1CNS(=O)(=O)c1ccc(F)cc1C. The fourth-order valence-corrected chi connectivity index (χ4v) is 3.24. The number of methoxy groups -OCH3 is 1. The van der Waals surface area contributed by atoms with Gasteiger partial charge in [0.1, 0.15) is 11.6 Å². The van der Waals surface area contributed by atoms with E-state index in [9.17, 15) is 12.8 Å². The predicted molar refractivity (Wildman–Crippen MR) is 78.2 cm³/mol. The lowest BCUT2D eigenvalue weighted by molar-refractivity contribution is 0.409. The largest absolute Gasteiger partial charge is 0.496 e. The summed E-state index contributed by atoms with van der Waals surface area (Å²) in [5.41, 5.74) is 1.09. The first-order valence-electron chi connectivity index (χ1n) is 6.32. The van der Waals surface area contributed by atoms with Crippen molar-refractivity contribution in [2.24, 2.45) is 0 Å². The molecule has 0 atom stereocenters. The molecule has 0 fully saturated rings. The Morgan fingerprint density at radius 2 is 1.90 bits per heavy atom. The van der Waals surface area contributed by atoms with E-state index >= 15 is 0 Å². The fraction of sp³-hybridized carbons (Fsp3) is 0.200. The van der Waals surface area contributed by atoms with Crippen LogP contribution in [0, 0.1) is 12.7 Å². The molecule has 6 heteroatoms. The molecule has 0 unspecified atom stereocenters. The summed E-state index contributed by atoms with van der Waals surface area (Å²) in [7, 11) is -2.18. The monoisotopic (exact) mass is 309 g/mol. The quantitative estimate of drug-likeness (QED) is 0.923. The zero-order valence-corrected chi connectivity index (χ0v) is 12.6. The molecule has 0 amide bonds. The molecule has 0 radical (unpaired) electrons. The highest BCUT2D eigenvalue weighted by atomic mass is 32.2. The van der Waals surface area contributed by atoms with Crippen LogP contribution in [0.3, 0.4) is 0 Å². The van der Waals surface area contributed by atoms with Crippen LogP contribution in [0.15, 0.2) is 47.4 Å². The minimum Gasteiger partial charge on any atom is -0.496 e. The Kier molecular flexibility index (Phi) is 4.59.